The Morgan fingerprint density at radius 1 is 1.06 bits per heavy atom. The van der Waals surface area contributed by atoms with Crippen LogP contribution in [-0.4, -0.2) is 35.8 Å². The van der Waals surface area contributed by atoms with Crippen molar-refractivity contribution in [2.45, 2.75) is 63.5 Å². The van der Waals surface area contributed by atoms with Gasteiger partial charge in [0.2, 0.25) is 0 Å². The molecular weight excluding hydrogens is 404 g/mol. The van der Waals surface area contributed by atoms with Crippen LogP contribution in [0.2, 0.25) is 0 Å². The lowest BCUT2D eigenvalue weighted by atomic mass is 9.98. The van der Waals surface area contributed by atoms with Crippen molar-refractivity contribution in [3.8, 4) is 23.3 Å². The number of carbonyl (C=O) groups is 1. The van der Waals surface area contributed by atoms with Crippen molar-refractivity contribution in [1.82, 2.24) is 4.90 Å². The Bertz CT molecular complexity index is 982. The van der Waals surface area contributed by atoms with Crippen molar-refractivity contribution in [2.24, 2.45) is 0 Å². The fourth-order valence-corrected chi connectivity index (χ4v) is 3.93. The van der Waals surface area contributed by atoms with E-state index in [-0.39, 0.29) is 17.6 Å². The summed E-state index contributed by atoms with van der Waals surface area (Å²) in [6, 6.07) is 17.6. The number of amides is 1. The molecule has 0 bridgehead atoms. The molecule has 0 radical (unpaired) electrons. The number of benzene rings is 2. The predicted octanol–water partition coefficient (Wildman–Crippen LogP) is 5.81. The van der Waals surface area contributed by atoms with Gasteiger partial charge in [-0.05, 0) is 88.4 Å². The molecule has 2 fully saturated rings. The van der Waals surface area contributed by atoms with Crippen LogP contribution in [0, 0.1) is 11.3 Å². The molecule has 2 aliphatic rings. The Kier molecular flexibility index (Phi) is 6.01. The van der Waals surface area contributed by atoms with E-state index in [1.807, 2.05) is 69.3 Å². The van der Waals surface area contributed by atoms with E-state index in [4.69, 9.17) is 14.2 Å². The summed E-state index contributed by atoms with van der Waals surface area (Å²) < 4.78 is 17.4. The number of rotatable bonds is 6. The smallest absolute Gasteiger partial charge is 0.410 e. The van der Waals surface area contributed by atoms with Gasteiger partial charge in [0.15, 0.2) is 0 Å². The second-order valence-corrected chi connectivity index (χ2v) is 9.57. The lowest BCUT2D eigenvalue weighted by Crippen LogP contribution is -2.42. The summed E-state index contributed by atoms with van der Waals surface area (Å²) in [4.78, 5) is 14.2. The van der Waals surface area contributed by atoms with E-state index >= 15 is 0 Å². The minimum absolute atomic E-state index is 0.0162. The number of nitriles is 1. The van der Waals surface area contributed by atoms with E-state index in [9.17, 15) is 10.1 Å². The van der Waals surface area contributed by atoms with Crippen molar-refractivity contribution >= 4 is 6.09 Å². The van der Waals surface area contributed by atoms with Gasteiger partial charge in [0.05, 0.1) is 17.5 Å². The second kappa shape index (κ2) is 8.74. The summed E-state index contributed by atoms with van der Waals surface area (Å²) in [5.74, 6) is 2.17. The van der Waals surface area contributed by atoms with Gasteiger partial charge in [-0.2, -0.15) is 5.26 Å². The first-order valence-corrected chi connectivity index (χ1v) is 11.2. The highest BCUT2D eigenvalue weighted by molar-refractivity contribution is 5.69. The van der Waals surface area contributed by atoms with Crippen LogP contribution in [0.15, 0.2) is 48.5 Å². The van der Waals surface area contributed by atoms with Gasteiger partial charge in [0, 0.05) is 6.54 Å². The van der Waals surface area contributed by atoms with E-state index in [0.29, 0.717) is 18.9 Å². The molecular formula is C26H30N2O4. The van der Waals surface area contributed by atoms with Crippen molar-refractivity contribution in [2.75, 3.05) is 13.2 Å². The summed E-state index contributed by atoms with van der Waals surface area (Å²) >= 11 is 0. The molecule has 6 nitrogen and oxygen atoms in total. The van der Waals surface area contributed by atoms with Gasteiger partial charge in [-0.25, -0.2) is 4.79 Å². The van der Waals surface area contributed by atoms with E-state index in [1.165, 1.54) is 0 Å². The summed E-state index contributed by atoms with van der Waals surface area (Å²) in [7, 11) is 0. The summed E-state index contributed by atoms with van der Waals surface area (Å²) in [6.45, 7) is 6.76. The van der Waals surface area contributed by atoms with Crippen LogP contribution in [0.25, 0.3) is 0 Å². The Hall–Kier alpha value is -3.20. The highest BCUT2D eigenvalue weighted by Crippen LogP contribution is 2.47. The molecule has 0 spiro atoms. The lowest BCUT2D eigenvalue weighted by molar-refractivity contribution is 0.0187. The maximum absolute atomic E-state index is 12.4. The van der Waals surface area contributed by atoms with Crippen LogP contribution in [0.3, 0.4) is 0 Å². The van der Waals surface area contributed by atoms with Crippen LogP contribution < -0.4 is 9.47 Å². The largest absolute Gasteiger partial charge is 0.491 e. The highest BCUT2D eigenvalue weighted by atomic mass is 16.6. The third-order valence-corrected chi connectivity index (χ3v) is 5.88. The zero-order chi connectivity index (χ0) is 22.8. The quantitative estimate of drug-likeness (QED) is 0.573. The van der Waals surface area contributed by atoms with Gasteiger partial charge in [0.1, 0.15) is 29.5 Å². The number of hydrogen-bond donors (Lipinski definition) is 0. The molecule has 168 valence electrons. The first kappa shape index (κ1) is 22.0. The minimum atomic E-state index is -0.504. The maximum atomic E-state index is 12.4. The Morgan fingerprint density at radius 2 is 1.66 bits per heavy atom. The molecule has 1 atom stereocenters. The molecule has 2 aromatic carbocycles. The van der Waals surface area contributed by atoms with E-state index in [0.717, 1.165) is 42.7 Å². The molecule has 2 aromatic rings. The predicted molar refractivity (Wildman–Crippen MR) is 121 cm³/mol. The monoisotopic (exact) mass is 434 g/mol. The maximum Gasteiger partial charge on any atom is 0.410 e. The molecule has 1 aliphatic heterocycles. The number of nitrogens with zero attached hydrogens (tertiary/aromatic N) is 2. The van der Waals surface area contributed by atoms with Gasteiger partial charge in [0.25, 0.3) is 0 Å². The third kappa shape index (κ3) is 5.16. The average Bonchev–Trinajstić information content (AvgIpc) is 3.42. The minimum Gasteiger partial charge on any atom is -0.491 e. The SMILES string of the molecule is CC(C)(C)OC(=O)N1CCC[C@@H]1COc1ccc(Oc2ccc(C3(C#N)CC3)cc2)cc1. The van der Waals surface area contributed by atoms with E-state index in [1.54, 1.807) is 4.90 Å². The summed E-state index contributed by atoms with van der Waals surface area (Å²) in [5, 5.41) is 9.32. The average molecular weight is 435 g/mol. The van der Waals surface area contributed by atoms with Crippen molar-refractivity contribution in [1.29, 1.82) is 5.26 Å². The van der Waals surface area contributed by atoms with Crippen LogP contribution in [0.1, 0.15) is 52.0 Å². The number of ether oxygens (including phenoxy) is 3. The molecule has 1 saturated heterocycles. The summed E-state index contributed by atoms with van der Waals surface area (Å²) in [6.07, 6.45) is 3.45. The zero-order valence-corrected chi connectivity index (χ0v) is 19.0. The molecule has 1 heterocycles. The van der Waals surface area contributed by atoms with Crippen molar-refractivity contribution in [3.63, 3.8) is 0 Å². The number of carbonyl (C=O) groups excluding carboxylic acids is 1. The molecule has 1 aliphatic carbocycles. The Morgan fingerprint density at radius 3 is 2.22 bits per heavy atom. The first-order valence-electron chi connectivity index (χ1n) is 11.2. The number of likely N-dealkylation sites (tertiary alicyclic amines) is 1. The Labute approximate surface area is 189 Å². The molecule has 0 aromatic heterocycles. The normalized spacial score (nSPS) is 19.2. The molecule has 6 heteroatoms. The van der Waals surface area contributed by atoms with Gasteiger partial charge in [-0.15, -0.1) is 0 Å². The fourth-order valence-electron chi connectivity index (χ4n) is 3.93. The summed E-state index contributed by atoms with van der Waals surface area (Å²) in [5.41, 5.74) is 0.273. The molecule has 0 unspecified atom stereocenters. The van der Waals surface area contributed by atoms with Gasteiger partial charge < -0.3 is 19.1 Å². The molecule has 1 saturated carbocycles. The first-order chi connectivity index (χ1) is 15.3. The third-order valence-electron chi connectivity index (χ3n) is 5.88. The van der Waals surface area contributed by atoms with Crippen LogP contribution in [0.4, 0.5) is 4.79 Å². The number of hydrogen-bond acceptors (Lipinski definition) is 5. The Balaban J connectivity index is 1.29. The van der Waals surface area contributed by atoms with Gasteiger partial charge in [-0.3, -0.25) is 0 Å². The van der Waals surface area contributed by atoms with Gasteiger partial charge >= 0.3 is 6.09 Å². The molecule has 1 amide bonds. The fraction of sp³-hybridized carbons (Fsp3) is 0.462. The highest BCUT2D eigenvalue weighted by Gasteiger charge is 2.44. The van der Waals surface area contributed by atoms with Crippen molar-refractivity contribution < 1.29 is 19.0 Å². The van der Waals surface area contributed by atoms with E-state index < -0.39 is 5.60 Å². The van der Waals surface area contributed by atoms with Crippen LogP contribution in [-0.2, 0) is 10.2 Å². The van der Waals surface area contributed by atoms with Crippen molar-refractivity contribution in [3.05, 3.63) is 54.1 Å². The molecule has 32 heavy (non-hydrogen) atoms. The van der Waals surface area contributed by atoms with Crippen LogP contribution in [0.5, 0.6) is 17.2 Å². The topological polar surface area (TPSA) is 71.8 Å². The van der Waals surface area contributed by atoms with E-state index in [2.05, 4.69) is 6.07 Å². The zero-order valence-electron chi connectivity index (χ0n) is 19.0. The molecule has 0 N–H and O–H groups in total. The lowest BCUT2D eigenvalue weighted by Gasteiger charge is -2.28. The van der Waals surface area contributed by atoms with Gasteiger partial charge in [-0.1, -0.05) is 12.1 Å². The second-order valence-electron chi connectivity index (χ2n) is 9.57. The van der Waals surface area contributed by atoms with Crippen LogP contribution >= 0.6 is 0 Å². The molecule has 4 rings (SSSR count). The standard InChI is InChI=1S/C26H30N2O4/c1-25(2,3)32-24(29)28-16-4-5-20(28)17-30-21-10-12-23(13-11-21)31-22-8-6-19(7-9-22)26(18-27)14-15-26/h6-13,20H,4-5,14-17H2,1-3H3/t20-/m1/s1.